The van der Waals surface area contributed by atoms with Gasteiger partial charge in [0.1, 0.15) is 0 Å². The highest BCUT2D eigenvalue weighted by molar-refractivity contribution is 9.11. The summed E-state index contributed by atoms with van der Waals surface area (Å²) in [6.45, 7) is 0. The van der Waals surface area contributed by atoms with Crippen molar-refractivity contribution in [3.8, 4) is 0 Å². The van der Waals surface area contributed by atoms with Gasteiger partial charge in [0.15, 0.2) is 0 Å². The van der Waals surface area contributed by atoms with Gasteiger partial charge >= 0.3 is 30.1 Å². The second-order valence-electron chi connectivity index (χ2n) is 3.26. The van der Waals surface area contributed by atoms with Gasteiger partial charge in [0.05, 0.1) is 4.48 Å². The van der Waals surface area contributed by atoms with E-state index in [2.05, 4.69) is 0 Å². The molecule has 0 aromatic carbocycles. The molecule has 0 N–H and O–H groups in total. The lowest BCUT2D eigenvalue weighted by atomic mass is 10.1. The van der Waals surface area contributed by atoms with Crippen molar-refractivity contribution in [1.29, 1.82) is 0 Å². The van der Waals surface area contributed by atoms with Crippen LogP contribution in [0.25, 0.3) is 0 Å². The standard InChI is InChI=1S/C7HBrF12/c8-2(4(11,12)6(15,16)17)1-3(9,10)5(13,14)7(18,19)20/h1H. The van der Waals surface area contributed by atoms with E-state index in [1.165, 1.54) is 15.9 Å². The van der Waals surface area contributed by atoms with Gasteiger partial charge in [0.2, 0.25) is 0 Å². The molecule has 0 saturated heterocycles. The summed E-state index contributed by atoms with van der Waals surface area (Å²) in [5.74, 6) is -19.2. The Labute approximate surface area is 110 Å². The topological polar surface area (TPSA) is 0 Å². The van der Waals surface area contributed by atoms with Gasteiger partial charge in [-0.15, -0.1) is 0 Å². The fourth-order valence-corrected chi connectivity index (χ4v) is 1.18. The van der Waals surface area contributed by atoms with Crippen LogP contribution in [0.15, 0.2) is 10.6 Å². The maximum atomic E-state index is 12.6. The molecule has 0 atom stereocenters. The van der Waals surface area contributed by atoms with Crippen molar-refractivity contribution < 1.29 is 52.7 Å². The molecule has 120 valence electrons. The number of hydrogen-bond acceptors (Lipinski definition) is 0. The Kier molecular flexibility index (Phi) is 4.83. The van der Waals surface area contributed by atoms with Crippen molar-refractivity contribution in [1.82, 2.24) is 0 Å². The highest BCUT2D eigenvalue weighted by atomic mass is 79.9. The summed E-state index contributed by atoms with van der Waals surface area (Å²) in [5.41, 5.74) is 0. The molecule has 0 radical (unpaired) electrons. The molecule has 20 heavy (non-hydrogen) atoms. The van der Waals surface area contributed by atoms with E-state index in [4.69, 9.17) is 0 Å². The van der Waals surface area contributed by atoms with Crippen molar-refractivity contribution in [2.75, 3.05) is 0 Å². The van der Waals surface area contributed by atoms with Crippen LogP contribution in [0.3, 0.4) is 0 Å². The van der Waals surface area contributed by atoms with Gasteiger partial charge in [0, 0.05) is 6.08 Å². The molecule has 0 rings (SSSR count). The minimum absolute atomic E-state index is 1.24. The average molecular weight is 393 g/mol. The minimum Gasteiger partial charge on any atom is -0.195 e. The third kappa shape index (κ3) is 3.34. The number of allylic oxidation sites excluding steroid dienone is 2. The third-order valence-corrected chi connectivity index (χ3v) is 2.47. The maximum Gasteiger partial charge on any atom is 0.460 e. The predicted octanol–water partition coefficient (Wildman–Crippen LogP) is 5.30. The Balaban J connectivity index is 5.75. The molecule has 0 heterocycles. The van der Waals surface area contributed by atoms with Crippen molar-refractivity contribution in [2.45, 2.75) is 30.1 Å². The molecule has 0 aliphatic carbocycles. The summed E-state index contributed by atoms with van der Waals surface area (Å²) in [6.07, 6.45) is -15.1. The van der Waals surface area contributed by atoms with E-state index in [0.29, 0.717) is 0 Å². The van der Waals surface area contributed by atoms with Gasteiger partial charge in [-0.25, -0.2) is 0 Å². The van der Waals surface area contributed by atoms with Gasteiger partial charge < -0.3 is 0 Å². The second kappa shape index (κ2) is 4.98. The van der Waals surface area contributed by atoms with Crippen LogP contribution < -0.4 is 0 Å². The van der Waals surface area contributed by atoms with Crippen LogP contribution in [0.4, 0.5) is 52.7 Å². The first-order chi connectivity index (χ1) is 8.38. The summed E-state index contributed by atoms with van der Waals surface area (Å²) < 4.78 is 142. The van der Waals surface area contributed by atoms with E-state index in [-0.39, 0.29) is 0 Å². The molecule has 0 amide bonds. The monoisotopic (exact) mass is 392 g/mol. The van der Waals surface area contributed by atoms with E-state index in [9.17, 15) is 52.7 Å². The molecule has 0 aliphatic rings. The van der Waals surface area contributed by atoms with Gasteiger partial charge in [-0.2, -0.15) is 52.7 Å². The van der Waals surface area contributed by atoms with E-state index in [1.807, 2.05) is 0 Å². The number of alkyl halides is 12. The largest absolute Gasteiger partial charge is 0.460 e. The van der Waals surface area contributed by atoms with Crippen LogP contribution in [0.5, 0.6) is 0 Å². The highest BCUT2D eigenvalue weighted by Gasteiger charge is 2.73. The van der Waals surface area contributed by atoms with Crippen LogP contribution >= 0.6 is 15.9 Å². The Bertz CT molecular complexity index is 386. The summed E-state index contributed by atoms with van der Waals surface area (Å²) in [5, 5.41) is 0. The quantitative estimate of drug-likeness (QED) is 0.572. The molecule has 0 nitrogen and oxygen atoms in total. The van der Waals surface area contributed by atoms with Crippen molar-refractivity contribution in [3.05, 3.63) is 10.6 Å². The van der Waals surface area contributed by atoms with E-state index >= 15 is 0 Å². The fourth-order valence-electron chi connectivity index (χ4n) is 0.665. The molecule has 0 aliphatic heterocycles. The lowest BCUT2D eigenvalue weighted by molar-refractivity contribution is -0.342. The zero-order valence-electron chi connectivity index (χ0n) is 8.49. The smallest absolute Gasteiger partial charge is 0.195 e. The number of rotatable bonds is 3. The summed E-state index contributed by atoms with van der Waals surface area (Å²) >= 11 is 1.24. The van der Waals surface area contributed by atoms with Gasteiger partial charge in [0.25, 0.3) is 0 Å². The minimum atomic E-state index is -6.85. The van der Waals surface area contributed by atoms with Crippen molar-refractivity contribution in [2.24, 2.45) is 0 Å². The summed E-state index contributed by atoms with van der Waals surface area (Å²) in [6, 6.07) is 0. The van der Waals surface area contributed by atoms with Crippen LogP contribution in [-0.2, 0) is 0 Å². The molecular formula is C7HBrF12. The second-order valence-corrected chi connectivity index (χ2v) is 4.11. The molecule has 0 aromatic rings. The van der Waals surface area contributed by atoms with E-state index in [1.54, 1.807) is 0 Å². The Hall–Kier alpha value is -0.620. The molecule has 0 spiro atoms. The van der Waals surface area contributed by atoms with Crippen LogP contribution in [-0.4, -0.2) is 30.1 Å². The first-order valence-electron chi connectivity index (χ1n) is 4.03. The van der Waals surface area contributed by atoms with E-state index in [0.717, 1.165) is 0 Å². The Morgan fingerprint density at radius 1 is 0.650 bits per heavy atom. The molecule has 0 bridgehead atoms. The number of halogens is 13. The highest BCUT2D eigenvalue weighted by Crippen LogP contribution is 2.50. The molecular weight excluding hydrogens is 392 g/mol. The van der Waals surface area contributed by atoms with Crippen molar-refractivity contribution in [3.63, 3.8) is 0 Å². The predicted molar refractivity (Wildman–Crippen MR) is 44.0 cm³/mol. The van der Waals surface area contributed by atoms with Gasteiger partial charge in [-0.05, 0) is 15.9 Å². The average Bonchev–Trinajstić information content (AvgIpc) is 2.12. The third-order valence-electron chi connectivity index (χ3n) is 1.74. The Morgan fingerprint density at radius 2 is 1.00 bits per heavy atom. The first-order valence-corrected chi connectivity index (χ1v) is 4.83. The zero-order valence-corrected chi connectivity index (χ0v) is 10.1. The van der Waals surface area contributed by atoms with Crippen LogP contribution in [0, 0.1) is 0 Å². The summed E-state index contributed by atoms with van der Waals surface area (Å²) in [4.78, 5) is 0. The first kappa shape index (κ1) is 19.4. The normalized spacial score (nSPS) is 16.6. The molecule has 0 unspecified atom stereocenters. The SMILES string of the molecule is FC(F)(F)C(F)(F)C(Br)=CC(F)(F)C(F)(F)C(F)(F)F. The van der Waals surface area contributed by atoms with Crippen LogP contribution in [0.2, 0.25) is 0 Å². The van der Waals surface area contributed by atoms with Gasteiger partial charge in [-0.3, -0.25) is 0 Å². The van der Waals surface area contributed by atoms with Crippen LogP contribution in [0.1, 0.15) is 0 Å². The van der Waals surface area contributed by atoms with E-state index < -0.39 is 40.7 Å². The van der Waals surface area contributed by atoms with Crippen molar-refractivity contribution >= 4 is 15.9 Å². The molecule has 0 fully saturated rings. The number of hydrogen-bond donors (Lipinski definition) is 0. The maximum absolute atomic E-state index is 12.6. The zero-order chi connectivity index (χ0) is 16.8. The molecule has 0 aromatic heterocycles. The molecule has 0 saturated carbocycles. The van der Waals surface area contributed by atoms with Gasteiger partial charge in [-0.1, -0.05) is 0 Å². The molecule has 13 heteroatoms. The summed E-state index contributed by atoms with van der Waals surface area (Å²) in [7, 11) is 0. The Morgan fingerprint density at radius 3 is 1.25 bits per heavy atom. The lowest BCUT2D eigenvalue weighted by Gasteiger charge is -2.27. The lowest BCUT2D eigenvalue weighted by Crippen LogP contribution is -2.51. The fraction of sp³-hybridized carbons (Fsp3) is 0.714.